The van der Waals surface area contributed by atoms with Gasteiger partial charge in [0.25, 0.3) is 0 Å². The normalized spacial score (nSPS) is 11.2. The molecule has 2 N–H and O–H groups in total. The van der Waals surface area contributed by atoms with Gasteiger partial charge in [0, 0.05) is 6.42 Å². The van der Waals surface area contributed by atoms with Crippen molar-refractivity contribution in [1.82, 2.24) is 9.97 Å². The number of anilines is 1. The number of rotatable bonds is 3. The van der Waals surface area contributed by atoms with Crippen molar-refractivity contribution in [2.24, 2.45) is 0 Å². The third-order valence-electron chi connectivity index (χ3n) is 2.68. The van der Waals surface area contributed by atoms with Crippen LogP contribution >= 0.6 is 15.9 Å². The highest BCUT2D eigenvalue weighted by Crippen LogP contribution is 2.30. The van der Waals surface area contributed by atoms with Crippen LogP contribution in [-0.4, -0.2) is 9.97 Å². The number of aromatic nitrogens is 2. The molecule has 0 aliphatic carbocycles. The van der Waals surface area contributed by atoms with Crippen LogP contribution in [0.2, 0.25) is 0 Å². The molecule has 2 aromatic heterocycles. The van der Waals surface area contributed by atoms with Gasteiger partial charge in [-0.1, -0.05) is 20.8 Å². The minimum Gasteiger partial charge on any atom is -0.458 e. The molecule has 18 heavy (non-hydrogen) atoms. The van der Waals surface area contributed by atoms with Crippen molar-refractivity contribution in [3.05, 3.63) is 28.1 Å². The molecule has 96 valence electrons. The van der Waals surface area contributed by atoms with Gasteiger partial charge < -0.3 is 10.2 Å². The number of nitrogen functional groups attached to an aromatic ring is 1. The van der Waals surface area contributed by atoms with Gasteiger partial charge in [0.1, 0.15) is 11.6 Å². The van der Waals surface area contributed by atoms with Gasteiger partial charge in [-0.3, -0.25) is 0 Å². The first-order valence-corrected chi connectivity index (χ1v) is 6.74. The maximum absolute atomic E-state index is 5.90. The van der Waals surface area contributed by atoms with E-state index in [1.807, 2.05) is 19.1 Å². The molecule has 0 amide bonds. The maximum atomic E-state index is 5.90. The quantitative estimate of drug-likeness (QED) is 0.937. The molecule has 2 rings (SSSR count). The molecule has 0 unspecified atom stereocenters. The molecule has 4 nitrogen and oxygen atoms in total. The highest BCUT2D eigenvalue weighted by atomic mass is 79.9. The van der Waals surface area contributed by atoms with E-state index in [4.69, 9.17) is 10.2 Å². The van der Waals surface area contributed by atoms with Crippen molar-refractivity contribution in [3.63, 3.8) is 0 Å². The minimum absolute atomic E-state index is 0.268. The SMILES string of the molecule is CCc1ccc(-c2nc(N)c(Br)c(C(C)C)n2)o1. The summed E-state index contributed by atoms with van der Waals surface area (Å²) >= 11 is 3.43. The molecular formula is C13H16BrN3O. The van der Waals surface area contributed by atoms with Gasteiger partial charge in [0.15, 0.2) is 11.6 Å². The molecule has 2 aromatic rings. The molecular weight excluding hydrogens is 294 g/mol. The van der Waals surface area contributed by atoms with Crippen LogP contribution < -0.4 is 5.73 Å². The molecule has 0 spiro atoms. The van der Waals surface area contributed by atoms with Crippen molar-refractivity contribution < 1.29 is 4.42 Å². The Morgan fingerprint density at radius 2 is 2.06 bits per heavy atom. The Bertz CT molecular complexity index is 563. The van der Waals surface area contributed by atoms with E-state index in [0.29, 0.717) is 17.4 Å². The molecule has 0 saturated heterocycles. The van der Waals surface area contributed by atoms with Gasteiger partial charge in [0.05, 0.1) is 10.2 Å². The lowest BCUT2D eigenvalue weighted by Crippen LogP contribution is -2.03. The minimum atomic E-state index is 0.268. The van der Waals surface area contributed by atoms with Crippen LogP contribution in [0.25, 0.3) is 11.6 Å². The van der Waals surface area contributed by atoms with Crippen LogP contribution in [0.3, 0.4) is 0 Å². The van der Waals surface area contributed by atoms with E-state index in [0.717, 1.165) is 22.3 Å². The summed E-state index contributed by atoms with van der Waals surface area (Å²) in [4.78, 5) is 8.78. The average molecular weight is 310 g/mol. The van der Waals surface area contributed by atoms with E-state index < -0.39 is 0 Å². The Hall–Kier alpha value is -1.36. The van der Waals surface area contributed by atoms with Crippen LogP contribution in [0, 0.1) is 0 Å². The summed E-state index contributed by atoms with van der Waals surface area (Å²) in [5.41, 5.74) is 6.79. The molecule has 0 atom stereocenters. The second-order valence-corrected chi connectivity index (χ2v) is 5.20. The lowest BCUT2D eigenvalue weighted by molar-refractivity contribution is 0.525. The molecule has 0 radical (unpaired) electrons. The topological polar surface area (TPSA) is 64.9 Å². The molecule has 0 aliphatic rings. The summed E-state index contributed by atoms with van der Waals surface area (Å²) < 4.78 is 6.42. The highest BCUT2D eigenvalue weighted by Gasteiger charge is 2.15. The Morgan fingerprint density at radius 1 is 1.33 bits per heavy atom. The van der Waals surface area contributed by atoms with Gasteiger partial charge in [-0.2, -0.15) is 0 Å². The maximum Gasteiger partial charge on any atom is 0.197 e. The number of furan rings is 1. The molecule has 0 bridgehead atoms. The van der Waals surface area contributed by atoms with E-state index in [9.17, 15) is 0 Å². The molecule has 5 heteroatoms. The number of halogens is 1. The third kappa shape index (κ3) is 2.41. The van der Waals surface area contributed by atoms with Crippen molar-refractivity contribution in [2.45, 2.75) is 33.1 Å². The van der Waals surface area contributed by atoms with E-state index in [1.54, 1.807) is 0 Å². The predicted molar refractivity (Wildman–Crippen MR) is 75.3 cm³/mol. The van der Waals surface area contributed by atoms with Crippen LogP contribution in [0.4, 0.5) is 5.82 Å². The van der Waals surface area contributed by atoms with Gasteiger partial charge in [-0.05, 0) is 34.0 Å². The van der Waals surface area contributed by atoms with E-state index >= 15 is 0 Å². The predicted octanol–water partition coefficient (Wildman–Crippen LogP) is 3.77. The Kier molecular flexibility index (Phi) is 3.71. The van der Waals surface area contributed by atoms with Gasteiger partial charge in [-0.15, -0.1) is 0 Å². The second-order valence-electron chi connectivity index (χ2n) is 4.41. The van der Waals surface area contributed by atoms with Crippen LogP contribution in [-0.2, 0) is 6.42 Å². The van der Waals surface area contributed by atoms with E-state index in [2.05, 4.69) is 39.7 Å². The van der Waals surface area contributed by atoms with Crippen LogP contribution in [0.15, 0.2) is 21.0 Å². The molecule has 0 saturated carbocycles. The van der Waals surface area contributed by atoms with Gasteiger partial charge >= 0.3 is 0 Å². The first-order chi connectivity index (χ1) is 8.52. The third-order valence-corrected chi connectivity index (χ3v) is 3.49. The molecule has 0 fully saturated rings. The molecule has 0 aliphatic heterocycles. The van der Waals surface area contributed by atoms with E-state index in [1.165, 1.54) is 0 Å². The lowest BCUT2D eigenvalue weighted by atomic mass is 10.1. The van der Waals surface area contributed by atoms with Crippen molar-refractivity contribution >= 4 is 21.7 Å². The zero-order valence-electron chi connectivity index (χ0n) is 10.7. The Labute approximate surface area is 115 Å². The Morgan fingerprint density at radius 3 is 2.61 bits per heavy atom. The van der Waals surface area contributed by atoms with Crippen LogP contribution in [0.5, 0.6) is 0 Å². The van der Waals surface area contributed by atoms with Crippen molar-refractivity contribution in [3.8, 4) is 11.6 Å². The zero-order valence-corrected chi connectivity index (χ0v) is 12.3. The van der Waals surface area contributed by atoms with Crippen molar-refractivity contribution in [1.29, 1.82) is 0 Å². The number of nitrogens with two attached hydrogens (primary N) is 1. The highest BCUT2D eigenvalue weighted by molar-refractivity contribution is 9.10. The summed E-state index contributed by atoms with van der Waals surface area (Å²) in [5.74, 6) is 2.83. The zero-order chi connectivity index (χ0) is 13.3. The summed E-state index contributed by atoms with van der Waals surface area (Å²) in [6.45, 7) is 6.17. The van der Waals surface area contributed by atoms with Crippen molar-refractivity contribution in [2.75, 3.05) is 5.73 Å². The number of hydrogen-bond donors (Lipinski definition) is 1. The number of nitrogens with zero attached hydrogens (tertiary/aromatic N) is 2. The molecule has 0 aromatic carbocycles. The molecule has 2 heterocycles. The number of aryl methyl sites for hydroxylation is 1. The van der Waals surface area contributed by atoms with Gasteiger partial charge in [-0.25, -0.2) is 9.97 Å². The summed E-state index contributed by atoms with van der Waals surface area (Å²) in [6.07, 6.45) is 0.850. The summed E-state index contributed by atoms with van der Waals surface area (Å²) in [7, 11) is 0. The standard InChI is InChI=1S/C13H16BrN3O/c1-4-8-5-6-9(18-8)13-16-11(7(2)3)10(14)12(15)17-13/h5-7H,4H2,1-3H3,(H2,15,16,17). The van der Waals surface area contributed by atoms with Gasteiger partial charge in [0.2, 0.25) is 0 Å². The first kappa shape index (κ1) is 13.1. The monoisotopic (exact) mass is 309 g/mol. The Balaban J connectivity index is 2.51. The fraction of sp³-hybridized carbons (Fsp3) is 0.385. The second kappa shape index (κ2) is 5.10. The summed E-state index contributed by atoms with van der Waals surface area (Å²) in [6, 6.07) is 3.82. The lowest BCUT2D eigenvalue weighted by Gasteiger charge is -2.10. The fourth-order valence-electron chi connectivity index (χ4n) is 1.66. The fourth-order valence-corrected chi connectivity index (χ4v) is 2.30. The largest absolute Gasteiger partial charge is 0.458 e. The van der Waals surface area contributed by atoms with E-state index in [-0.39, 0.29) is 5.92 Å². The average Bonchev–Trinajstić information content (AvgIpc) is 2.80. The number of hydrogen-bond acceptors (Lipinski definition) is 4. The first-order valence-electron chi connectivity index (χ1n) is 5.95. The smallest absolute Gasteiger partial charge is 0.197 e. The van der Waals surface area contributed by atoms with Crippen LogP contribution in [0.1, 0.15) is 38.1 Å². The summed E-state index contributed by atoms with van der Waals surface area (Å²) in [5, 5.41) is 0.